The Labute approximate surface area is 192 Å². The predicted molar refractivity (Wildman–Crippen MR) is 120 cm³/mol. The molecule has 2 heterocycles. The SMILES string of the molecule is COC(=O)CN(CN1C(=O)NC(c2ccccc2)(c2ccccc2)C1=O)[C@H]1CCS(=O)(=O)C1. The lowest BCUT2D eigenvalue weighted by Gasteiger charge is -2.31. The van der Waals surface area contributed by atoms with Crippen LogP contribution in [0.5, 0.6) is 0 Å². The summed E-state index contributed by atoms with van der Waals surface area (Å²) >= 11 is 0. The van der Waals surface area contributed by atoms with Crippen LogP contribution >= 0.6 is 0 Å². The number of hydrogen-bond donors (Lipinski definition) is 1. The molecular weight excluding hydrogens is 446 g/mol. The molecule has 0 unspecified atom stereocenters. The second-order valence-electron chi connectivity index (χ2n) is 8.17. The molecule has 0 bridgehead atoms. The minimum atomic E-state index is -3.25. The van der Waals surface area contributed by atoms with E-state index in [0.717, 1.165) is 4.90 Å². The lowest BCUT2D eigenvalue weighted by atomic mass is 9.83. The zero-order valence-corrected chi connectivity index (χ0v) is 19.0. The molecular formula is C23H25N3O6S. The zero-order chi connectivity index (χ0) is 23.6. The number of nitrogens with zero attached hydrogens (tertiary/aromatic N) is 2. The number of ether oxygens (including phenoxy) is 1. The maximum atomic E-state index is 13.9. The fourth-order valence-electron chi connectivity index (χ4n) is 4.41. The average Bonchev–Trinajstić information content (AvgIpc) is 3.31. The third kappa shape index (κ3) is 4.36. The molecule has 3 amide bonds. The number of hydrogen-bond acceptors (Lipinski definition) is 7. The van der Waals surface area contributed by atoms with E-state index in [-0.39, 0.29) is 24.7 Å². The molecule has 2 saturated heterocycles. The van der Waals surface area contributed by atoms with Crippen LogP contribution in [0.3, 0.4) is 0 Å². The minimum Gasteiger partial charge on any atom is -0.468 e. The number of urea groups is 1. The summed E-state index contributed by atoms with van der Waals surface area (Å²) < 4.78 is 28.8. The van der Waals surface area contributed by atoms with Crippen molar-refractivity contribution in [3.05, 3.63) is 71.8 Å². The lowest BCUT2D eigenvalue weighted by Crippen LogP contribution is -2.50. The highest BCUT2D eigenvalue weighted by atomic mass is 32.2. The molecule has 1 atom stereocenters. The third-order valence-electron chi connectivity index (χ3n) is 6.13. The van der Waals surface area contributed by atoms with Crippen molar-refractivity contribution in [1.82, 2.24) is 15.1 Å². The molecule has 2 fully saturated rings. The average molecular weight is 472 g/mol. The molecule has 1 N–H and O–H groups in total. The van der Waals surface area contributed by atoms with Gasteiger partial charge in [0.05, 0.1) is 31.8 Å². The first-order valence-corrected chi connectivity index (χ1v) is 12.4. The first-order chi connectivity index (χ1) is 15.8. The highest BCUT2D eigenvalue weighted by Crippen LogP contribution is 2.36. The van der Waals surface area contributed by atoms with E-state index in [2.05, 4.69) is 5.32 Å². The number of amides is 3. The van der Waals surface area contributed by atoms with Crippen molar-refractivity contribution in [3.8, 4) is 0 Å². The fraction of sp³-hybridized carbons (Fsp3) is 0.348. The molecule has 9 nitrogen and oxygen atoms in total. The van der Waals surface area contributed by atoms with E-state index in [1.165, 1.54) is 12.0 Å². The van der Waals surface area contributed by atoms with Gasteiger partial charge in [0.25, 0.3) is 5.91 Å². The van der Waals surface area contributed by atoms with Gasteiger partial charge in [-0.1, -0.05) is 60.7 Å². The number of carbonyl (C=O) groups is 3. The molecule has 0 aromatic heterocycles. The van der Waals surface area contributed by atoms with Gasteiger partial charge in [-0.25, -0.2) is 18.1 Å². The maximum Gasteiger partial charge on any atom is 0.326 e. The minimum absolute atomic E-state index is 0.00650. The number of rotatable bonds is 7. The van der Waals surface area contributed by atoms with Crippen LogP contribution in [0, 0.1) is 0 Å². The van der Waals surface area contributed by atoms with E-state index in [9.17, 15) is 22.8 Å². The second-order valence-corrected chi connectivity index (χ2v) is 10.4. The van der Waals surface area contributed by atoms with Crippen molar-refractivity contribution in [1.29, 1.82) is 0 Å². The van der Waals surface area contributed by atoms with Gasteiger partial charge in [-0.05, 0) is 17.5 Å². The largest absolute Gasteiger partial charge is 0.468 e. The van der Waals surface area contributed by atoms with Gasteiger partial charge in [0.15, 0.2) is 15.4 Å². The smallest absolute Gasteiger partial charge is 0.326 e. The Morgan fingerprint density at radius 3 is 2.15 bits per heavy atom. The summed E-state index contributed by atoms with van der Waals surface area (Å²) in [6, 6.07) is 16.7. The van der Waals surface area contributed by atoms with Crippen molar-refractivity contribution < 1.29 is 27.5 Å². The van der Waals surface area contributed by atoms with Crippen molar-refractivity contribution in [3.63, 3.8) is 0 Å². The number of imide groups is 1. The summed E-state index contributed by atoms with van der Waals surface area (Å²) in [5.41, 5.74) is -0.238. The van der Waals surface area contributed by atoms with Gasteiger partial charge in [0.1, 0.15) is 0 Å². The van der Waals surface area contributed by atoms with Crippen molar-refractivity contribution >= 4 is 27.7 Å². The standard InChI is InChI=1S/C23H25N3O6S/c1-32-20(27)14-25(19-12-13-33(30,31)15-19)16-26-21(28)23(24-22(26)29,17-8-4-2-5-9-17)18-10-6-3-7-11-18/h2-11,19H,12-16H2,1H3,(H,24,29)/t19-/m0/s1. The molecule has 0 radical (unpaired) electrons. The molecule has 33 heavy (non-hydrogen) atoms. The van der Waals surface area contributed by atoms with E-state index in [1.54, 1.807) is 48.5 Å². The molecule has 0 aliphatic carbocycles. The van der Waals surface area contributed by atoms with Gasteiger partial charge in [-0.3, -0.25) is 14.5 Å². The number of carbonyl (C=O) groups excluding carboxylic acids is 3. The Bertz CT molecular complexity index is 1110. The summed E-state index contributed by atoms with van der Waals surface area (Å²) in [6.07, 6.45) is 0.311. The van der Waals surface area contributed by atoms with E-state index >= 15 is 0 Å². The number of methoxy groups -OCH3 is 1. The Kier molecular flexibility index (Phi) is 6.22. The highest BCUT2D eigenvalue weighted by molar-refractivity contribution is 7.91. The van der Waals surface area contributed by atoms with Crippen LogP contribution in [-0.4, -0.2) is 74.0 Å². The van der Waals surface area contributed by atoms with Crippen LogP contribution in [-0.2, 0) is 29.7 Å². The van der Waals surface area contributed by atoms with Crippen molar-refractivity contribution in [2.24, 2.45) is 0 Å². The second kappa shape index (κ2) is 8.95. The topological polar surface area (TPSA) is 113 Å². The third-order valence-corrected chi connectivity index (χ3v) is 7.88. The first kappa shape index (κ1) is 22.9. The van der Waals surface area contributed by atoms with Crippen LogP contribution in [0.1, 0.15) is 17.5 Å². The number of esters is 1. The summed E-state index contributed by atoms with van der Waals surface area (Å²) in [6.45, 7) is -0.473. The number of nitrogens with one attached hydrogen (secondary N) is 1. The maximum absolute atomic E-state index is 13.9. The number of benzene rings is 2. The van der Waals surface area contributed by atoms with Crippen LogP contribution < -0.4 is 5.32 Å². The molecule has 10 heteroatoms. The lowest BCUT2D eigenvalue weighted by molar-refractivity contribution is -0.144. The molecule has 2 aliphatic heterocycles. The van der Waals surface area contributed by atoms with Crippen LogP contribution in [0.2, 0.25) is 0 Å². The Hall–Kier alpha value is -3.24. The van der Waals surface area contributed by atoms with Gasteiger partial charge >= 0.3 is 12.0 Å². The Morgan fingerprint density at radius 2 is 1.67 bits per heavy atom. The Morgan fingerprint density at radius 1 is 1.09 bits per heavy atom. The fourth-order valence-corrected chi connectivity index (χ4v) is 6.17. The predicted octanol–water partition coefficient (Wildman–Crippen LogP) is 1.10. The van der Waals surface area contributed by atoms with Crippen molar-refractivity contribution in [2.75, 3.05) is 31.8 Å². The molecule has 0 spiro atoms. The van der Waals surface area contributed by atoms with E-state index in [1.807, 2.05) is 12.1 Å². The Balaban J connectivity index is 1.70. The normalized spacial score (nSPS) is 21.3. The molecule has 2 aliphatic rings. The quantitative estimate of drug-likeness (QED) is 0.475. The zero-order valence-electron chi connectivity index (χ0n) is 18.1. The van der Waals surface area contributed by atoms with E-state index < -0.39 is 39.3 Å². The van der Waals surface area contributed by atoms with Gasteiger partial charge < -0.3 is 10.1 Å². The first-order valence-electron chi connectivity index (χ1n) is 10.5. The summed E-state index contributed by atoms with van der Waals surface area (Å²) in [7, 11) is -2.02. The summed E-state index contributed by atoms with van der Waals surface area (Å²) in [4.78, 5) is 41.6. The van der Waals surface area contributed by atoms with Gasteiger partial charge in [-0.2, -0.15) is 0 Å². The molecule has 174 valence electrons. The van der Waals surface area contributed by atoms with Crippen LogP contribution in [0.25, 0.3) is 0 Å². The molecule has 4 rings (SSSR count). The molecule has 2 aromatic carbocycles. The van der Waals surface area contributed by atoms with E-state index in [4.69, 9.17) is 4.74 Å². The number of sulfone groups is 1. The molecule has 0 saturated carbocycles. The highest BCUT2D eigenvalue weighted by Gasteiger charge is 2.54. The van der Waals surface area contributed by atoms with Crippen molar-refractivity contribution in [2.45, 2.75) is 18.0 Å². The summed E-state index contributed by atoms with van der Waals surface area (Å²) in [5.74, 6) is -1.23. The van der Waals surface area contributed by atoms with Gasteiger partial charge in [0.2, 0.25) is 0 Å². The van der Waals surface area contributed by atoms with Gasteiger partial charge in [0, 0.05) is 6.04 Å². The van der Waals surface area contributed by atoms with Crippen LogP contribution in [0.15, 0.2) is 60.7 Å². The summed E-state index contributed by atoms with van der Waals surface area (Å²) in [5, 5.41) is 2.86. The molecule has 2 aromatic rings. The van der Waals surface area contributed by atoms with Crippen LogP contribution in [0.4, 0.5) is 4.79 Å². The monoisotopic (exact) mass is 471 g/mol. The van der Waals surface area contributed by atoms with Gasteiger partial charge in [-0.15, -0.1) is 0 Å². The van der Waals surface area contributed by atoms with E-state index in [0.29, 0.717) is 17.5 Å².